The molecule has 1 unspecified atom stereocenters. The molecule has 1 atom stereocenters. The van der Waals surface area contributed by atoms with Crippen molar-refractivity contribution in [1.29, 1.82) is 0 Å². The zero-order valence-electron chi connectivity index (χ0n) is 12.7. The molecule has 1 saturated heterocycles. The van der Waals surface area contributed by atoms with Gasteiger partial charge in [0.15, 0.2) is 0 Å². The summed E-state index contributed by atoms with van der Waals surface area (Å²) in [6, 6.07) is 2.74. The van der Waals surface area contributed by atoms with Crippen LogP contribution in [0, 0.1) is 0 Å². The third-order valence-electron chi connectivity index (χ3n) is 3.56. The Morgan fingerprint density at radius 1 is 1.48 bits per heavy atom. The first kappa shape index (κ1) is 17.5. The number of carbonyl (C=O) groups is 1. The lowest BCUT2D eigenvalue weighted by atomic mass is 10.2. The molecule has 0 spiro atoms. The normalized spacial score (nSPS) is 19.7. The van der Waals surface area contributed by atoms with Crippen LogP contribution in [0.3, 0.4) is 0 Å². The predicted octanol–water partition coefficient (Wildman–Crippen LogP) is 1.79. The SMILES string of the molecule is CC1CN(C(=O)NOCc2cccnc2)CCN1CC(F)(F)F. The largest absolute Gasteiger partial charge is 0.401 e. The zero-order valence-corrected chi connectivity index (χ0v) is 12.7. The number of aromatic nitrogens is 1. The Morgan fingerprint density at radius 2 is 2.26 bits per heavy atom. The number of pyridine rings is 1. The third kappa shape index (κ3) is 5.68. The van der Waals surface area contributed by atoms with E-state index < -0.39 is 18.8 Å². The lowest BCUT2D eigenvalue weighted by molar-refractivity contribution is -0.154. The van der Waals surface area contributed by atoms with Gasteiger partial charge in [-0.05, 0) is 18.6 Å². The molecule has 6 nitrogen and oxygen atoms in total. The fourth-order valence-corrected chi connectivity index (χ4v) is 2.37. The molecule has 2 amide bonds. The van der Waals surface area contributed by atoms with E-state index in [0.29, 0.717) is 0 Å². The summed E-state index contributed by atoms with van der Waals surface area (Å²) in [7, 11) is 0. The standard InChI is InChI=1S/C14H19F3N4O2/c1-11-8-20(5-6-21(11)10-14(15,16)17)13(22)19-23-9-12-3-2-4-18-7-12/h2-4,7,11H,5-6,8-10H2,1H3,(H,19,22). The topological polar surface area (TPSA) is 57.7 Å². The lowest BCUT2D eigenvalue weighted by Crippen LogP contribution is -2.57. The van der Waals surface area contributed by atoms with Crippen LogP contribution in [0.15, 0.2) is 24.5 Å². The molecule has 1 aliphatic heterocycles. The van der Waals surface area contributed by atoms with Crippen molar-refractivity contribution in [3.8, 4) is 0 Å². The van der Waals surface area contributed by atoms with Crippen LogP contribution in [0.5, 0.6) is 0 Å². The summed E-state index contributed by atoms with van der Waals surface area (Å²) in [5, 5.41) is 0. The molecule has 0 bridgehead atoms. The molecule has 0 aliphatic carbocycles. The van der Waals surface area contributed by atoms with Gasteiger partial charge in [-0.15, -0.1) is 0 Å². The molecule has 1 aliphatic rings. The second-order valence-corrected chi connectivity index (χ2v) is 5.44. The maximum absolute atomic E-state index is 12.4. The average Bonchev–Trinajstić information content (AvgIpc) is 2.49. The molecule has 0 saturated carbocycles. The van der Waals surface area contributed by atoms with Gasteiger partial charge in [0.2, 0.25) is 0 Å². The number of carbonyl (C=O) groups excluding carboxylic acids is 1. The van der Waals surface area contributed by atoms with Gasteiger partial charge in [0.25, 0.3) is 0 Å². The van der Waals surface area contributed by atoms with Crippen LogP contribution < -0.4 is 5.48 Å². The summed E-state index contributed by atoms with van der Waals surface area (Å²) in [6.45, 7) is 1.50. The second kappa shape index (κ2) is 7.60. The number of hydrogen-bond acceptors (Lipinski definition) is 4. The van der Waals surface area contributed by atoms with E-state index in [0.717, 1.165) is 5.56 Å². The van der Waals surface area contributed by atoms with Gasteiger partial charge in [0, 0.05) is 38.1 Å². The van der Waals surface area contributed by atoms with Crippen molar-refractivity contribution < 1.29 is 22.8 Å². The molecule has 2 heterocycles. The van der Waals surface area contributed by atoms with Crippen LogP contribution in [0.2, 0.25) is 0 Å². The molecular formula is C14H19F3N4O2. The van der Waals surface area contributed by atoms with Crippen LogP contribution in [0.1, 0.15) is 12.5 Å². The Kier molecular flexibility index (Phi) is 5.78. The Balaban J connectivity index is 1.74. The van der Waals surface area contributed by atoms with Crippen molar-refractivity contribution in [2.24, 2.45) is 0 Å². The first-order valence-corrected chi connectivity index (χ1v) is 7.21. The van der Waals surface area contributed by atoms with Crippen molar-refractivity contribution in [1.82, 2.24) is 20.3 Å². The van der Waals surface area contributed by atoms with E-state index in [1.807, 2.05) is 0 Å². The quantitative estimate of drug-likeness (QED) is 0.854. The van der Waals surface area contributed by atoms with Crippen molar-refractivity contribution >= 4 is 6.03 Å². The highest BCUT2D eigenvalue weighted by Gasteiger charge is 2.35. The molecule has 1 fully saturated rings. The number of hydrogen-bond donors (Lipinski definition) is 1. The second-order valence-electron chi connectivity index (χ2n) is 5.44. The highest BCUT2D eigenvalue weighted by molar-refractivity contribution is 5.73. The van der Waals surface area contributed by atoms with Gasteiger partial charge in [-0.1, -0.05) is 6.07 Å². The Morgan fingerprint density at radius 3 is 2.87 bits per heavy atom. The molecular weight excluding hydrogens is 313 g/mol. The molecule has 1 N–H and O–H groups in total. The van der Waals surface area contributed by atoms with Gasteiger partial charge in [0.05, 0.1) is 6.54 Å². The van der Waals surface area contributed by atoms with Crippen molar-refractivity contribution in [3.63, 3.8) is 0 Å². The van der Waals surface area contributed by atoms with Gasteiger partial charge >= 0.3 is 12.2 Å². The van der Waals surface area contributed by atoms with Gasteiger partial charge in [-0.2, -0.15) is 13.2 Å². The number of rotatable bonds is 4. The van der Waals surface area contributed by atoms with Crippen LogP contribution in [-0.2, 0) is 11.4 Å². The molecule has 1 aromatic rings. The summed E-state index contributed by atoms with van der Waals surface area (Å²) >= 11 is 0. The summed E-state index contributed by atoms with van der Waals surface area (Å²) in [6.07, 6.45) is -0.987. The molecule has 128 valence electrons. The maximum atomic E-state index is 12.4. The predicted molar refractivity (Wildman–Crippen MR) is 76.2 cm³/mol. The van der Waals surface area contributed by atoms with Gasteiger partial charge in [-0.3, -0.25) is 14.7 Å². The van der Waals surface area contributed by atoms with Crippen molar-refractivity contribution in [2.75, 3.05) is 26.2 Å². The van der Waals surface area contributed by atoms with Crippen molar-refractivity contribution in [2.45, 2.75) is 25.7 Å². The summed E-state index contributed by atoms with van der Waals surface area (Å²) < 4.78 is 37.3. The fraction of sp³-hybridized carbons (Fsp3) is 0.571. The van der Waals surface area contributed by atoms with Gasteiger partial charge < -0.3 is 4.90 Å². The third-order valence-corrected chi connectivity index (χ3v) is 3.56. The number of urea groups is 1. The van der Waals surface area contributed by atoms with E-state index >= 15 is 0 Å². The van der Waals surface area contributed by atoms with E-state index in [4.69, 9.17) is 4.84 Å². The van der Waals surface area contributed by atoms with E-state index in [-0.39, 0.29) is 32.3 Å². The Bertz CT molecular complexity index is 512. The summed E-state index contributed by atoms with van der Waals surface area (Å²) in [5.41, 5.74) is 3.10. The van der Waals surface area contributed by atoms with Crippen LogP contribution in [0.25, 0.3) is 0 Å². The summed E-state index contributed by atoms with van der Waals surface area (Å²) in [5.74, 6) is 0. The molecule has 23 heavy (non-hydrogen) atoms. The minimum Gasteiger partial charge on any atom is -0.320 e. The number of nitrogens with one attached hydrogen (secondary N) is 1. The molecule has 1 aromatic heterocycles. The highest BCUT2D eigenvalue weighted by atomic mass is 19.4. The first-order valence-electron chi connectivity index (χ1n) is 7.21. The monoisotopic (exact) mass is 332 g/mol. The van der Waals surface area contributed by atoms with E-state index in [1.54, 1.807) is 31.5 Å². The number of halogens is 3. The minimum atomic E-state index is -4.23. The van der Waals surface area contributed by atoms with Gasteiger partial charge in [-0.25, -0.2) is 10.3 Å². The number of hydroxylamine groups is 1. The first-order chi connectivity index (χ1) is 10.8. The number of amides is 2. The molecule has 0 radical (unpaired) electrons. The van der Waals surface area contributed by atoms with Crippen LogP contribution in [-0.4, -0.2) is 59.2 Å². The zero-order chi connectivity index (χ0) is 16.9. The smallest absolute Gasteiger partial charge is 0.320 e. The number of nitrogens with zero attached hydrogens (tertiary/aromatic N) is 3. The minimum absolute atomic E-state index is 0.170. The summed E-state index contributed by atoms with van der Waals surface area (Å²) in [4.78, 5) is 23.7. The average molecular weight is 332 g/mol. The number of piperazine rings is 1. The lowest BCUT2D eigenvalue weighted by Gasteiger charge is -2.39. The van der Waals surface area contributed by atoms with Crippen LogP contribution >= 0.6 is 0 Å². The molecule has 2 rings (SSSR count). The highest BCUT2D eigenvalue weighted by Crippen LogP contribution is 2.20. The molecule has 0 aromatic carbocycles. The Hall–Kier alpha value is -1.87. The van der Waals surface area contributed by atoms with E-state index in [1.165, 1.54) is 9.80 Å². The van der Waals surface area contributed by atoms with Crippen molar-refractivity contribution in [3.05, 3.63) is 30.1 Å². The molecule has 9 heteroatoms. The van der Waals surface area contributed by atoms with Gasteiger partial charge in [0.1, 0.15) is 6.61 Å². The maximum Gasteiger partial charge on any atom is 0.401 e. The number of alkyl halides is 3. The Labute approximate surface area is 132 Å². The van der Waals surface area contributed by atoms with Crippen LogP contribution in [0.4, 0.5) is 18.0 Å². The van der Waals surface area contributed by atoms with E-state index in [9.17, 15) is 18.0 Å². The van der Waals surface area contributed by atoms with E-state index in [2.05, 4.69) is 10.5 Å². The fourth-order valence-electron chi connectivity index (χ4n) is 2.37.